The molecule has 1 aromatic rings. The summed E-state index contributed by atoms with van der Waals surface area (Å²) < 4.78 is 0. The SMILES string of the molecule is Cc1cc(C2C(CBr)C2(C)C)cs1. The highest BCUT2D eigenvalue weighted by molar-refractivity contribution is 9.09. The van der Waals surface area contributed by atoms with Gasteiger partial charge in [-0.15, -0.1) is 11.3 Å². The predicted molar refractivity (Wildman–Crippen MR) is 62.9 cm³/mol. The van der Waals surface area contributed by atoms with Crippen molar-refractivity contribution in [3.63, 3.8) is 0 Å². The van der Waals surface area contributed by atoms with E-state index >= 15 is 0 Å². The third-order valence-electron chi connectivity index (χ3n) is 3.33. The van der Waals surface area contributed by atoms with E-state index in [4.69, 9.17) is 0 Å². The van der Waals surface area contributed by atoms with Crippen molar-refractivity contribution in [2.75, 3.05) is 5.33 Å². The molecule has 1 aliphatic carbocycles. The van der Waals surface area contributed by atoms with Crippen LogP contribution in [-0.2, 0) is 0 Å². The van der Waals surface area contributed by atoms with Gasteiger partial charge >= 0.3 is 0 Å². The summed E-state index contributed by atoms with van der Waals surface area (Å²) in [5.74, 6) is 1.62. The van der Waals surface area contributed by atoms with Gasteiger partial charge in [0.2, 0.25) is 0 Å². The number of halogens is 1. The van der Waals surface area contributed by atoms with Gasteiger partial charge in [-0.05, 0) is 41.2 Å². The number of hydrogen-bond donors (Lipinski definition) is 0. The Bertz CT molecular complexity index is 314. The summed E-state index contributed by atoms with van der Waals surface area (Å²) >= 11 is 5.47. The third-order valence-corrected chi connectivity index (χ3v) is 4.90. The van der Waals surface area contributed by atoms with Gasteiger partial charge in [0.05, 0.1) is 0 Å². The van der Waals surface area contributed by atoms with E-state index in [1.165, 1.54) is 4.88 Å². The van der Waals surface area contributed by atoms with Crippen molar-refractivity contribution < 1.29 is 0 Å². The first kappa shape index (κ1) is 9.72. The second-order valence-corrected chi connectivity index (χ2v) is 6.31. The molecule has 0 nitrogen and oxygen atoms in total. The Morgan fingerprint density at radius 1 is 1.54 bits per heavy atom. The van der Waals surface area contributed by atoms with Crippen molar-refractivity contribution in [3.05, 3.63) is 21.9 Å². The third kappa shape index (κ3) is 1.48. The van der Waals surface area contributed by atoms with Crippen molar-refractivity contribution in [2.45, 2.75) is 26.7 Å². The average Bonchev–Trinajstić information content (AvgIpc) is 2.41. The van der Waals surface area contributed by atoms with Gasteiger partial charge in [0.15, 0.2) is 0 Å². The smallest absolute Gasteiger partial charge is 0.00710 e. The summed E-state index contributed by atoms with van der Waals surface area (Å²) in [6, 6.07) is 2.35. The molecule has 1 saturated carbocycles. The molecule has 0 radical (unpaired) electrons. The minimum absolute atomic E-state index is 0.511. The van der Waals surface area contributed by atoms with E-state index in [0.717, 1.165) is 17.2 Å². The van der Waals surface area contributed by atoms with Crippen molar-refractivity contribution in [1.29, 1.82) is 0 Å². The molecule has 0 saturated heterocycles. The molecule has 1 heterocycles. The minimum atomic E-state index is 0.511. The topological polar surface area (TPSA) is 0 Å². The Balaban J connectivity index is 2.21. The molecule has 1 aromatic heterocycles. The van der Waals surface area contributed by atoms with Crippen LogP contribution in [0, 0.1) is 18.3 Å². The zero-order valence-electron chi connectivity index (χ0n) is 8.30. The van der Waals surface area contributed by atoms with Crippen LogP contribution in [0.15, 0.2) is 11.4 Å². The van der Waals surface area contributed by atoms with Crippen molar-refractivity contribution in [2.24, 2.45) is 11.3 Å². The Morgan fingerprint density at radius 2 is 2.23 bits per heavy atom. The van der Waals surface area contributed by atoms with Crippen molar-refractivity contribution in [3.8, 4) is 0 Å². The van der Waals surface area contributed by atoms with Crippen LogP contribution in [0.2, 0.25) is 0 Å². The van der Waals surface area contributed by atoms with E-state index in [1.54, 1.807) is 5.56 Å². The second kappa shape index (κ2) is 3.09. The largest absolute Gasteiger partial charge is 0.149 e. The Morgan fingerprint density at radius 3 is 2.62 bits per heavy atom. The highest BCUT2D eigenvalue weighted by atomic mass is 79.9. The number of alkyl halides is 1. The first-order chi connectivity index (χ1) is 6.07. The van der Waals surface area contributed by atoms with Crippen LogP contribution in [-0.4, -0.2) is 5.33 Å². The van der Waals surface area contributed by atoms with E-state index in [9.17, 15) is 0 Å². The van der Waals surface area contributed by atoms with Gasteiger partial charge in [0.1, 0.15) is 0 Å². The molecule has 2 unspecified atom stereocenters. The molecule has 0 aromatic carbocycles. The summed E-state index contributed by atoms with van der Waals surface area (Å²) in [6.45, 7) is 6.93. The maximum Gasteiger partial charge on any atom is 0.00710 e. The van der Waals surface area contributed by atoms with Crippen LogP contribution < -0.4 is 0 Å². The summed E-state index contributed by atoms with van der Waals surface area (Å²) in [7, 11) is 0. The maximum atomic E-state index is 3.60. The lowest BCUT2D eigenvalue weighted by atomic mass is 10.1. The fraction of sp³-hybridized carbons (Fsp3) is 0.636. The molecule has 72 valence electrons. The molecule has 0 aliphatic heterocycles. The van der Waals surface area contributed by atoms with Crippen molar-refractivity contribution in [1.82, 2.24) is 0 Å². The summed E-state index contributed by atoms with van der Waals surface area (Å²) in [5, 5.41) is 3.46. The number of aryl methyl sites for hydroxylation is 1. The van der Waals surface area contributed by atoms with Crippen LogP contribution in [0.4, 0.5) is 0 Å². The Kier molecular flexibility index (Phi) is 2.31. The van der Waals surface area contributed by atoms with Crippen LogP contribution in [0.1, 0.15) is 30.2 Å². The standard InChI is InChI=1S/C11H15BrS/c1-7-4-8(6-13-7)10-9(5-12)11(10,2)3/h4,6,9-10H,5H2,1-3H3. The second-order valence-electron chi connectivity index (χ2n) is 4.55. The normalized spacial score (nSPS) is 30.5. The molecule has 1 fully saturated rings. The summed E-state index contributed by atoms with van der Waals surface area (Å²) in [6.07, 6.45) is 0. The van der Waals surface area contributed by atoms with E-state index in [2.05, 4.69) is 48.1 Å². The summed E-state index contributed by atoms with van der Waals surface area (Å²) in [5.41, 5.74) is 2.06. The van der Waals surface area contributed by atoms with Crippen LogP contribution in [0.25, 0.3) is 0 Å². The molecule has 0 N–H and O–H groups in total. The minimum Gasteiger partial charge on any atom is -0.149 e. The fourth-order valence-electron chi connectivity index (χ4n) is 2.32. The lowest BCUT2D eigenvalue weighted by Gasteiger charge is -1.98. The van der Waals surface area contributed by atoms with Crippen LogP contribution >= 0.6 is 27.3 Å². The molecule has 0 bridgehead atoms. The number of hydrogen-bond acceptors (Lipinski definition) is 1. The Labute approximate surface area is 92.5 Å². The zero-order valence-corrected chi connectivity index (χ0v) is 10.7. The quantitative estimate of drug-likeness (QED) is 0.698. The predicted octanol–water partition coefficient (Wildman–Crippen LogP) is 4.19. The molecule has 0 spiro atoms. The molecule has 0 amide bonds. The first-order valence-corrected chi connectivity index (χ1v) is 6.68. The molecular weight excluding hydrogens is 244 g/mol. The maximum absolute atomic E-state index is 3.60. The van der Waals surface area contributed by atoms with Gasteiger partial charge in [-0.25, -0.2) is 0 Å². The van der Waals surface area contributed by atoms with Gasteiger partial charge in [0.25, 0.3) is 0 Å². The molecular formula is C11H15BrS. The van der Waals surface area contributed by atoms with Crippen molar-refractivity contribution >= 4 is 27.3 Å². The van der Waals surface area contributed by atoms with E-state index in [0.29, 0.717) is 5.41 Å². The average molecular weight is 259 g/mol. The molecule has 2 heteroatoms. The first-order valence-electron chi connectivity index (χ1n) is 4.68. The van der Waals surface area contributed by atoms with E-state index < -0.39 is 0 Å². The van der Waals surface area contributed by atoms with Gasteiger partial charge in [-0.2, -0.15) is 0 Å². The van der Waals surface area contributed by atoms with E-state index in [-0.39, 0.29) is 0 Å². The monoisotopic (exact) mass is 258 g/mol. The molecule has 2 rings (SSSR count). The van der Waals surface area contributed by atoms with Gasteiger partial charge in [-0.1, -0.05) is 29.8 Å². The van der Waals surface area contributed by atoms with Crippen LogP contribution in [0.3, 0.4) is 0 Å². The van der Waals surface area contributed by atoms with Gasteiger partial charge in [0, 0.05) is 10.2 Å². The van der Waals surface area contributed by atoms with Gasteiger partial charge < -0.3 is 0 Å². The summed E-state index contributed by atoms with van der Waals surface area (Å²) in [4.78, 5) is 1.44. The highest BCUT2D eigenvalue weighted by Gasteiger charge is 2.57. The van der Waals surface area contributed by atoms with Crippen LogP contribution in [0.5, 0.6) is 0 Å². The molecule has 1 aliphatic rings. The zero-order chi connectivity index (χ0) is 9.64. The fourth-order valence-corrected chi connectivity index (χ4v) is 4.27. The Hall–Kier alpha value is 0.180. The lowest BCUT2D eigenvalue weighted by Crippen LogP contribution is -1.90. The molecule has 2 atom stereocenters. The van der Waals surface area contributed by atoms with E-state index in [1.807, 2.05) is 11.3 Å². The van der Waals surface area contributed by atoms with Gasteiger partial charge in [-0.3, -0.25) is 0 Å². The lowest BCUT2D eigenvalue weighted by molar-refractivity contribution is 0.580. The number of rotatable bonds is 2. The number of thiophene rings is 1. The highest BCUT2D eigenvalue weighted by Crippen LogP contribution is 2.65. The molecule has 13 heavy (non-hydrogen) atoms.